The predicted molar refractivity (Wildman–Crippen MR) is 153 cm³/mol. The number of likely N-dealkylation sites (tertiary alicyclic amines) is 1. The summed E-state index contributed by atoms with van der Waals surface area (Å²) in [4.78, 5) is 28.8. The van der Waals surface area contributed by atoms with Crippen molar-refractivity contribution < 1.29 is 22.7 Å². The Morgan fingerprint density at radius 2 is 1.79 bits per heavy atom. The first-order valence-corrected chi connectivity index (χ1v) is 15.5. The zero-order valence-electron chi connectivity index (χ0n) is 22.8. The van der Waals surface area contributed by atoms with E-state index in [1.165, 1.54) is 11.4 Å². The SMILES string of the molecule is CC[C@@H](CN(C)S(=O)(=O)C1CC1)N1C(=O)[C@](C)(CC(=O)OC)C[C@H](c2cccc(Cl)c2)[C@H]1c1ccc(Cl)cc1. The molecule has 4 atom stereocenters. The van der Waals surface area contributed by atoms with Gasteiger partial charge in [0, 0.05) is 35.6 Å². The number of esters is 1. The standard InChI is InChI=1S/C29H36Cl2N2O5S/c1-5-23(18-32(3)39(36,37)24-13-14-24)33-27(19-9-11-21(30)12-10-19)25(20-7-6-8-22(31)15-20)16-29(2,28(33)35)17-26(34)38-4/h6-12,15,23-25,27H,5,13-14,16-18H2,1-4H3/t23-,25+,27+,29-/m0/s1. The van der Waals surface area contributed by atoms with Crippen molar-refractivity contribution in [3.05, 3.63) is 69.7 Å². The van der Waals surface area contributed by atoms with Crippen molar-refractivity contribution >= 4 is 45.1 Å². The summed E-state index contributed by atoms with van der Waals surface area (Å²) in [6.07, 6.45) is 2.14. The maximum Gasteiger partial charge on any atom is 0.306 e. The van der Waals surface area contributed by atoms with Crippen molar-refractivity contribution in [3.8, 4) is 0 Å². The molecule has 1 saturated heterocycles. The summed E-state index contributed by atoms with van der Waals surface area (Å²) in [6.45, 7) is 3.91. The highest BCUT2D eigenvalue weighted by Gasteiger charge is 2.53. The summed E-state index contributed by atoms with van der Waals surface area (Å²) >= 11 is 12.7. The number of benzene rings is 2. The molecule has 0 unspecified atom stereocenters. The Morgan fingerprint density at radius 3 is 2.36 bits per heavy atom. The first kappa shape index (κ1) is 29.8. The van der Waals surface area contributed by atoms with Crippen molar-refractivity contribution in [2.24, 2.45) is 5.41 Å². The first-order valence-electron chi connectivity index (χ1n) is 13.3. The van der Waals surface area contributed by atoms with Gasteiger partial charge in [0.15, 0.2) is 0 Å². The van der Waals surface area contributed by atoms with Crippen LogP contribution in [0.3, 0.4) is 0 Å². The predicted octanol–water partition coefficient (Wildman–Crippen LogP) is 5.82. The van der Waals surface area contributed by atoms with Crippen LogP contribution in [0.25, 0.3) is 0 Å². The van der Waals surface area contributed by atoms with Crippen LogP contribution < -0.4 is 0 Å². The van der Waals surface area contributed by atoms with E-state index in [4.69, 9.17) is 27.9 Å². The van der Waals surface area contributed by atoms with Gasteiger partial charge in [-0.2, -0.15) is 0 Å². The molecule has 1 aliphatic heterocycles. The zero-order chi connectivity index (χ0) is 28.5. The number of nitrogens with zero attached hydrogens (tertiary/aromatic N) is 2. The van der Waals surface area contributed by atoms with E-state index < -0.39 is 33.5 Å². The van der Waals surface area contributed by atoms with Gasteiger partial charge in [0.2, 0.25) is 15.9 Å². The first-order chi connectivity index (χ1) is 18.4. The van der Waals surface area contributed by atoms with Gasteiger partial charge in [-0.3, -0.25) is 9.59 Å². The van der Waals surface area contributed by atoms with Gasteiger partial charge in [-0.25, -0.2) is 12.7 Å². The van der Waals surface area contributed by atoms with Crippen molar-refractivity contribution in [3.63, 3.8) is 0 Å². The highest BCUT2D eigenvalue weighted by atomic mass is 35.5. The second-order valence-electron chi connectivity index (χ2n) is 11.0. The van der Waals surface area contributed by atoms with E-state index in [9.17, 15) is 18.0 Å². The summed E-state index contributed by atoms with van der Waals surface area (Å²) in [7, 11) is -0.550. The van der Waals surface area contributed by atoms with Gasteiger partial charge in [-0.15, -0.1) is 0 Å². The van der Waals surface area contributed by atoms with Gasteiger partial charge in [0.05, 0.1) is 30.2 Å². The molecule has 0 aromatic heterocycles. The molecule has 0 spiro atoms. The average Bonchev–Trinajstić information content (AvgIpc) is 3.75. The Bertz CT molecular complexity index is 1320. The second kappa shape index (κ2) is 11.8. The van der Waals surface area contributed by atoms with Gasteiger partial charge < -0.3 is 9.64 Å². The third kappa shape index (κ3) is 6.29. The van der Waals surface area contributed by atoms with Crippen LogP contribution in [0.1, 0.15) is 69.0 Å². The van der Waals surface area contributed by atoms with Crippen LogP contribution in [-0.4, -0.2) is 61.5 Å². The molecule has 10 heteroatoms. The summed E-state index contributed by atoms with van der Waals surface area (Å²) in [5, 5.41) is 0.792. The number of rotatable bonds is 10. The number of sulfonamides is 1. The fourth-order valence-electron chi connectivity index (χ4n) is 5.77. The van der Waals surface area contributed by atoms with Crippen LogP contribution in [0.5, 0.6) is 0 Å². The quantitative estimate of drug-likeness (QED) is 0.323. The molecule has 1 amide bonds. The number of piperidine rings is 1. The smallest absolute Gasteiger partial charge is 0.306 e. The maximum absolute atomic E-state index is 14.5. The number of ether oxygens (including phenoxy) is 1. The number of carbonyl (C=O) groups excluding carboxylic acids is 2. The Hall–Kier alpha value is -2.13. The van der Waals surface area contributed by atoms with Gasteiger partial charge in [-0.1, -0.05) is 61.3 Å². The molecule has 0 radical (unpaired) electrons. The van der Waals surface area contributed by atoms with Crippen molar-refractivity contribution in [1.82, 2.24) is 9.21 Å². The average molecular weight is 596 g/mol. The van der Waals surface area contributed by atoms with Crippen LogP contribution in [0.15, 0.2) is 48.5 Å². The number of amides is 1. The summed E-state index contributed by atoms with van der Waals surface area (Å²) < 4.78 is 32.5. The van der Waals surface area contributed by atoms with Crippen LogP contribution in [-0.2, 0) is 24.3 Å². The molecule has 0 N–H and O–H groups in total. The molecular formula is C29H36Cl2N2O5S. The van der Waals surface area contributed by atoms with E-state index in [1.807, 2.05) is 42.2 Å². The Labute approximate surface area is 241 Å². The molecule has 2 aromatic carbocycles. The van der Waals surface area contributed by atoms with Gasteiger partial charge in [-0.05, 0) is 61.1 Å². The normalized spacial score (nSPS) is 24.6. The van der Waals surface area contributed by atoms with Crippen molar-refractivity contribution in [2.45, 2.75) is 69.2 Å². The minimum absolute atomic E-state index is 0.0874. The lowest BCUT2D eigenvalue weighted by atomic mass is 9.67. The number of methoxy groups -OCH3 is 1. The van der Waals surface area contributed by atoms with E-state index >= 15 is 0 Å². The van der Waals surface area contributed by atoms with Crippen LogP contribution >= 0.6 is 23.2 Å². The largest absolute Gasteiger partial charge is 0.469 e. The Balaban J connectivity index is 1.86. The monoisotopic (exact) mass is 594 g/mol. The van der Waals surface area contributed by atoms with Crippen molar-refractivity contribution in [2.75, 3.05) is 20.7 Å². The lowest BCUT2D eigenvalue weighted by Gasteiger charge is -2.52. The lowest BCUT2D eigenvalue weighted by Crippen LogP contribution is -2.58. The number of carbonyl (C=O) groups is 2. The molecule has 0 bridgehead atoms. The van der Waals surface area contributed by atoms with Crippen molar-refractivity contribution in [1.29, 1.82) is 0 Å². The molecule has 2 fully saturated rings. The molecule has 39 heavy (non-hydrogen) atoms. The number of likely N-dealkylation sites (N-methyl/N-ethyl adjacent to an activating group) is 1. The van der Waals surface area contributed by atoms with Gasteiger partial charge in [0.25, 0.3) is 0 Å². The Kier molecular flexibility index (Phi) is 9.01. The molecule has 2 aromatic rings. The molecular weight excluding hydrogens is 559 g/mol. The molecule has 4 rings (SSSR count). The molecule has 1 saturated carbocycles. The minimum atomic E-state index is -3.45. The highest BCUT2D eigenvalue weighted by Crippen LogP contribution is 2.52. The van der Waals surface area contributed by atoms with E-state index in [0.29, 0.717) is 35.7 Å². The number of halogens is 2. The topological polar surface area (TPSA) is 84.0 Å². The molecule has 212 valence electrons. The summed E-state index contributed by atoms with van der Waals surface area (Å²) in [5.74, 6) is -0.895. The number of hydrogen-bond acceptors (Lipinski definition) is 5. The fraction of sp³-hybridized carbons (Fsp3) is 0.517. The van der Waals surface area contributed by atoms with Crippen LogP contribution in [0.2, 0.25) is 10.0 Å². The zero-order valence-corrected chi connectivity index (χ0v) is 25.1. The highest BCUT2D eigenvalue weighted by molar-refractivity contribution is 7.90. The molecule has 1 heterocycles. The molecule has 1 aliphatic carbocycles. The summed E-state index contributed by atoms with van der Waals surface area (Å²) in [5.41, 5.74) is 0.749. The maximum atomic E-state index is 14.5. The second-order valence-corrected chi connectivity index (χ2v) is 14.2. The van der Waals surface area contributed by atoms with Gasteiger partial charge >= 0.3 is 5.97 Å². The van der Waals surface area contributed by atoms with Gasteiger partial charge in [0.1, 0.15) is 0 Å². The van der Waals surface area contributed by atoms with Crippen LogP contribution in [0, 0.1) is 5.41 Å². The van der Waals surface area contributed by atoms with E-state index in [2.05, 4.69) is 0 Å². The van der Waals surface area contributed by atoms with E-state index in [0.717, 1.165) is 11.1 Å². The van der Waals surface area contributed by atoms with Crippen LogP contribution in [0.4, 0.5) is 0 Å². The minimum Gasteiger partial charge on any atom is -0.469 e. The third-order valence-electron chi connectivity index (χ3n) is 8.07. The number of hydrogen-bond donors (Lipinski definition) is 0. The summed E-state index contributed by atoms with van der Waals surface area (Å²) in [6, 6.07) is 14.1. The lowest BCUT2D eigenvalue weighted by molar-refractivity contribution is -0.161. The van der Waals surface area contributed by atoms with E-state index in [-0.39, 0.29) is 30.0 Å². The Morgan fingerprint density at radius 1 is 1.13 bits per heavy atom. The third-order valence-corrected chi connectivity index (χ3v) is 10.9. The molecule has 2 aliphatic rings. The fourth-order valence-corrected chi connectivity index (χ4v) is 7.72. The van der Waals surface area contributed by atoms with E-state index in [1.54, 1.807) is 32.2 Å². The molecule has 7 nitrogen and oxygen atoms in total.